The Balaban J connectivity index is 2.12. The van der Waals surface area contributed by atoms with Crippen molar-refractivity contribution in [3.63, 3.8) is 0 Å². The van der Waals surface area contributed by atoms with E-state index in [2.05, 4.69) is 24.3 Å². The molecule has 116 valence electrons. The van der Waals surface area contributed by atoms with Gasteiger partial charge in [0.2, 0.25) is 11.8 Å². The van der Waals surface area contributed by atoms with Crippen molar-refractivity contribution in [3.05, 3.63) is 18.0 Å². The lowest BCUT2D eigenvalue weighted by Gasteiger charge is -2.33. The largest absolute Gasteiger partial charge is 0.345 e. The minimum absolute atomic E-state index is 0.0430. The minimum Gasteiger partial charge on any atom is -0.345 e. The molecule has 0 bridgehead atoms. The topological polar surface area (TPSA) is 67.2 Å². The molecule has 1 atom stereocenters. The lowest BCUT2D eigenvalue weighted by atomic mass is 10.1. The van der Waals surface area contributed by atoms with Gasteiger partial charge in [-0.05, 0) is 25.3 Å². The fourth-order valence-electron chi connectivity index (χ4n) is 2.80. The summed E-state index contributed by atoms with van der Waals surface area (Å²) in [6, 6.07) is 1.94. The van der Waals surface area contributed by atoms with Gasteiger partial charge in [-0.15, -0.1) is 0 Å². The zero-order valence-electron chi connectivity index (χ0n) is 13.0. The Kier molecular flexibility index (Phi) is 4.98. The highest BCUT2D eigenvalue weighted by Gasteiger charge is 2.33. The molecule has 2 amide bonds. The van der Waals surface area contributed by atoms with Gasteiger partial charge in [0, 0.05) is 6.20 Å². The normalized spacial score (nSPS) is 19.2. The molecule has 2 heterocycles. The molecule has 1 N–H and O–H groups in total. The van der Waals surface area contributed by atoms with Crippen molar-refractivity contribution in [2.45, 2.75) is 58.7 Å². The van der Waals surface area contributed by atoms with E-state index in [0.717, 1.165) is 18.5 Å². The summed E-state index contributed by atoms with van der Waals surface area (Å²) < 4.78 is 1.96. The van der Waals surface area contributed by atoms with E-state index in [0.29, 0.717) is 19.0 Å². The lowest BCUT2D eigenvalue weighted by Crippen LogP contribution is -2.57. The summed E-state index contributed by atoms with van der Waals surface area (Å²) in [5.41, 5.74) is 0.836. The van der Waals surface area contributed by atoms with Gasteiger partial charge in [0.1, 0.15) is 6.04 Å². The van der Waals surface area contributed by atoms with E-state index < -0.39 is 0 Å². The van der Waals surface area contributed by atoms with Crippen LogP contribution >= 0.6 is 0 Å². The second-order valence-corrected chi connectivity index (χ2v) is 5.42. The Hall–Kier alpha value is -1.85. The van der Waals surface area contributed by atoms with Gasteiger partial charge < -0.3 is 10.2 Å². The van der Waals surface area contributed by atoms with E-state index in [1.54, 1.807) is 4.90 Å². The highest BCUT2D eigenvalue weighted by Crippen LogP contribution is 2.17. The summed E-state index contributed by atoms with van der Waals surface area (Å²) >= 11 is 0. The number of rotatable bonds is 6. The smallest absolute Gasteiger partial charge is 0.243 e. The molecular formula is C15H24N4O2. The van der Waals surface area contributed by atoms with Crippen LogP contribution in [0.2, 0.25) is 0 Å². The number of hydrogen-bond donors (Lipinski definition) is 1. The van der Waals surface area contributed by atoms with Crippen LogP contribution in [0, 0.1) is 0 Å². The van der Waals surface area contributed by atoms with Crippen LogP contribution in [0.15, 0.2) is 12.3 Å². The van der Waals surface area contributed by atoms with Gasteiger partial charge in [0.25, 0.3) is 0 Å². The van der Waals surface area contributed by atoms with Crippen LogP contribution in [0.4, 0.5) is 0 Å². The Morgan fingerprint density at radius 2 is 2.05 bits per heavy atom. The van der Waals surface area contributed by atoms with E-state index in [-0.39, 0.29) is 24.4 Å². The number of hydrogen-bond acceptors (Lipinski definition) is 3. The Morgan fingerprint density at radius 3 is 2.67 bits per heavy atom. The zero-order chi connectivity index (χ0) is 15.4. The standard InChI is InChI=1S/C15H24N4O2/c1-4-12(5-2)19-8-7-11(17-19)10-18-13(6-3)15(21)16-9-14(18)20/h7-8,12-13H,4-6,9-10H2,1-3H3,(H,16,21). The lowest BCUT2D eigenvalue weighted by molar-refractivity contribution is -0.146. The number of aromatic nitrogens is 2. The summed E-state index contributed by atoms with van der Waals surface area (Å²) in [6.07, 6.45) is 4.63. The molecule has 6 heteroatoms. The van der Waals surface area contributed by atoms with Crippen molar-refractivity contribution < 1.29 is 9.59 Å². The quantitative estimate of drug-likeness (QED) is 0.863. The van der Waals surface area contributed by atoms with Crippen LogP contribution in [0.5, 0.6) is 0 Å². The van der Waals surface area contributed by atoms with Gasteiger partial charge in [-0.3, -0.25) is 14.3 Å². The maximum atomic E-state index is 12.0. The monoisotopic (exact) mass is 292 g/mol. The van der Waals surface area contributed by atoms with Crippen molar-refractivity contribution in [1.82, 2.24) is 20.0 Å². The van der Waals surface area contributed by atoms with Crippen molar-refractivity contribution >= 4 is 11.8 Å². The number of nitrogens with one attached hydrogen (secondary N) is 1. The average Bonchev–Trinajstić information content (AvgIpc) is 2.93. The summed E-state index contributed by atoms with van der Waals surface area (Å²) in [4.78, 5) is 25.5. The molecule has 1 aliphatic heterocycles. The Labute approximate surface area is 125 Å². The second-order valence-electron chi connectivity index (χ2n) is 5.42. The summed E-state index contributed by atoms with van der Waals surface area (Å²) in [5.74, 6) is -0.116. The Morgan fingerprint density at radius 1 is 1.33 bits per heavy atom. The van der Waals surface area contributed by atoms with E-state index in [1.165, 1.54) is 0 Å². The molecule has 0 radical (unpaired) electrons. The van der Waals surface area contributed by atoms with Crippen molar-refractivity contribution in [1.29, 1.82) is 0 Å². The van der Waals surface area contributed by atoms with Crippen LogP contribution in [-0.2, 0) is 16.1 Å². The van der Waals surface area contributed by atoms with Crippen molar-refractivity contribution in [2.24, 2.45) is 0 Å². The van der Waals surface area contributed by atoms with E-state index in [9.17, 15) is 9.59 Å². The average molecular weight is 292 g/mol. The molecule has 0 spiro atoms. The number of nitrogens with zero attached hydrogens (tertiary/aromatic N) is 3. The molecule has 1 saturated heterocycles. The first-order valence-electron chi connectivity index (χ1n) is 7.71. The van der Waals surface area contributed by atoms with Crippen LogP contribution in [0.25, 0.3) is 0 Å². The molecule has 1 aromatic rings. The first-order chi connectivity index (χ1) is 10.1. The van der Waals surface area contributed by atoms with Gasteiger partial charge in [-0.1, -0.05) is 20.8 Å². The number of piperazine rings is 1. The number of amides is 2. The zero-order valence-corrected chi connectivity index (χ0v) is 13.0. The minimum atomic E-state index is -0.385. The third-order valence-electron chi connectivity index (χ3n) is 4.11. The van der Waals surface area contributed by atoms with Crippen molar-refractivity contribution in [3.8, 4) is 0 Å². The fourth-order valence-corrected chi connectivity index (χ4v) is 2.80. The van der Waals surface area contributed by atoms with Gasteiger partial charge in [-0.2, -0.15) is 5.10 Å². The van der Waals surface area contributed by atoms with Gasteiger partial charge in [0.15, 0.2) is 0 Å². The first kappa shape index (κ1) is 15.5. The van der Waals surface area contributed by atoms with E-state index in [4.69, 9.17) is 0 Å². The molecule has 21 heavy (non-hydrogen) atoms. The van der Waals surface area contributed by atoms with Gasteiger partial charge >= 0.3 is 0 Å². The maximum absolute atomic E-state index is 12.0. The van der Waals surface area contributed by atoms with Crippen LogP contribution < -0.4 is 5.32 Å². The molecule has 6 nitrogen and oxygen atoms in total. The molecule has 1 aromatic heterocycles. The molecule has 1 aliphatic rings. The highest BCUT2D eigenvalue weighted by molar-refractivity contribution is 5.94. The molecule has 2 rings (SSSR count). The molecular weight excluding hydrogens is 268 g/mol. The first-order valence-corrected chi connectivity index (χ1v) is 7.71. The van der Waals surface area contributed by atoms with Crippen LogP contribution in [-0.4, -0.2) is 39.1 Å². The number of carbonyl (C=O) groups excluding carboxylic acids is 2. The number of carbonyl (C=O) groups is 2. The molecule has 0 saturated carbocycles. The molecule has 0 aliphatic carbocycles. The van der Waals surface area contributed by atoms with Crippen molar-refractivity contribution in [2.75, 3.05) is 6.54 Å². The van der Waals surface area contributed by atoms with Crippen LogP contribution in [0.1, 0.15) is 51.8 Å². The fraction of sp³-hybridized carbons (Fsp3) is 0.667. The van der Waals surface area contributed by atoms with E-state index >= 15 is 0 Å². The SMILES string of the molecule is CCC1C(=O)NCC(=O)N1Cc1ccn(C(CC)CC)n1. The van der Waals surface area contributed by atoms with Gasteiger partial charge in [0.05, 0.1) is 24.8 Å². The predicted octanol–water partition coefficient (Wildman–Crippen LogP) is 1.48. The summed E-state index contributed by atoms with van der Waals surface area (Å²) in [5, 5.41) is 7.20. The second kappa shape index (κ2) is 6.74. The van der Waals surface area contributed by atoms with Gasteiger partial charge in [-0.25, -0.2) is 0 Å². The third kappa shape index (κ3) is 3.25. The van der Waals surface area contributed by atoms with E-state index in [1.807, 2.05) is 23.9 Å². The molecule has 1 unspecified atom stereocenters. The molecule has 0 aromatic carbocycles. The summed E-state index contributed by atoms with van der Waals surface area (Å²) in [7, 11) is 0. The third-order valence-corrected chi connectivity index (χ3v) is 4.11. The molecule has 1 fully saturated rings. The van der Waals surface area contributed by atoms with Crippen LogP contribution in [0.3, 0.4) is 0 Å². The predicted molar refractivity (Wildman–Crippen MR) is 79.5 cm³/mol. The maximum Gasteiger partial charge on any atom is 0.243 e. The Bertz CT molecular complexity index is 508. The highest BCUT2D eigenvalue weighted by atomic mass is 16.2. The summed E-state index contributed by atoms with van der Waals surface area (Å²) in [6.45, 7) is 6.68.